The van der Waals surface area contributed by atoms with Crippen molar-refractivity contribution in [1.82, 2.24) is 30.2 Å². The van der Waals surface area contributed by atoms with E-state index in [-0.39, 0.29) is 97.0 Å². The molecule has 0 spiro atoms. The molecule has 2 atom stereocenters. The zero-order chi connectivity index (χ0) is 49.8. The monoisotopic (exact) mass is 971 g/mol. The normalized spacial score (nSPS) is 16.4. The summed E-state index contributed by atoms with van der Waals surface area (Å²) in [5.74, 6) is -4.80. The van der Waals surface area contributed by atoms with Crippen molar-refractivity contribution in [3.63, 3.8) is 0 Å². The number of carboxylic acids is 4. The summed E-state index contributed by atoms with van der Waals surface area (Å²) >= 11 is 0. The minimum Gasteiger partial charge on any atom is -0.480 e. The number of ether oxygens (including phenoxy) is 6. The summed E-state index contributed by atoms with van der Waals surface area (Å²) in [6, 6.07) is 6.52. The molecule has 1 aromatic rings. The van der Waals surface area contributed by atoms with E-state index in [1.165, 1.54) is 0 Å². The Labute approximate surface area is 400 Å². The largest absolute Gasteiger partial charge is 0.480 e. The molecular weight excluding hydrogens is 893 g/mol. The van der Waals surface area contributed by atoms with E-state index in [0.29, 0.717) is 105 Å². The summed E-state index contributed by atoms with van der Waals surface area (Å²) in [7, 11) is 1.62. The predicted octanol–water partition coefficient (Wildman–Crippen LogP) is 0.001000. The van der Waals surface area contributed by atoms with Gasteiger partial charge in [0, 0.05) is 71.9 Å². The number of rotatable bonds is 37. The van der Waals surface area contributed by atoms with E-state index >= 15 is 0 Å². The molecule has 68 heavy (non-hydrogen) atoms. The van der Waals surface area contributed by atoms with E-state index in [4.69, 9.17) is 28.4 Å². The molecular formula is C46H78N6O16. The van der Waals surface area contributed by atoms with Crippen LogP contribution in [0.1, 0.15) is 50.2 Å². The number of benzene rings is 1. The SMILES string of the molecule is CCCCC(=O)NC(CCCc1ccc(CC2CN(CC(=O)O)CCN(CC(=O)O)CCN(CC(=O)O)CCN2CC(=O)O)cc1)C(=O)NCCOCCOCCOCCOCCOCCOC. The lowest BCUT2D eigenvalue weighted by molar-refractivity contribution is -0.142. The second-order valence-electron chi connectivity index (χ2n) is 16.5. The van der Waals surface area contributed by atoms with Gasteiger partial charge in [-0.1, -0.05) is 37.6 Å². The predicted molar refractivity (Wildman–Crippen MR) is 249 cm³/mol. The van der Waals surface area contributed by atoms with Gasteiger partial charge in [0.25, 0.3) is 0 Å². The van der Waals surface area contributed by atoms with Gasteiger partial charge in [-0.15, -0.1) is 0 Å². The summed E-state index contributed by atoms with van der Waals surface area (Å²) in [4.78, 5) is 80.1. The van der Waals surface area contributed by atoms with Gasteiger partial charge >= 0.3 is 23.9 Å². The number of hydrogen-bond acceptors (Lipinski definition) is 16. The quantitative estimate of drug-likeness (QED) is 0.0479. The van der Waals surface area contributed by atoms with Gasteiger partial charge in [-0.3, -0.25) is 48.4 Å². The van der Waals surface area contributed by atoms with Crippen LogP contribution in [0.2, 0.25) is 0 Å². The molecule has 6 N–H and O–H groups in total. The lowest BCUT2D eigenvalue weighted by atomic mass is 9.99. The Balaban J connectivity index is 1.96. The van der Waals surface area contributed by atoms with Crippen molar-refractivity contribution in [2.45, 2.75) is 64.0 Å². The molecule has 0 saturated carbocycles. The molecule has 1 aliphatic heterocycles. The minimum absolute atomic E-state index is 0.163. The highest BCUT2D eigenvalue weighted by Gasteiger charge is 2.28. The number of carbonyl (C=O) groups excluding carboxylic acids is 2. The Morgan fingerprint density at radius 3 is 1.56 bits per heavy atom. The highest BCUT2D eigenvalue weighted by molar-refractivity contribution is 5.87. The van der Waals surface area contributed by atoms with Crippen LogP contribution in [0.25, 0.3) is 0 Å². The second kappa shape index (κ2) is 37.5. The van der Waals surface area contributed by atoms with E-state index in [1.54, 1.807) is 26.7 Å². The molecule has 388 valence electrons. The fourth-order valence-electron chi connectivity index (χ4n) is 7.35. The van der Waals surface area contributed by atoms with Gasteiger partial charge < -0.3 is 59.5 Å². The Kier molecular flexibility index (Phi) is 33.0. The number of nitrogens with zero attached hydrogens (tertiary/aromatic N) is 4. The van der Waals surface area contributed by atoms with E-state index in [1.807, 2.05) is 31.2 Å². The smallest absolute Gasteiger partial charge is 0.317 e. The Morgan fingerprint density at radius 1 is 0.603 bits per heavy atom. The third-order valence-corrected chi connectivity index (χ3v) is 10.9. The number of aliphatic carboxylic acids is 4. The van der Waals surface area contributed by atoms with Crippen LogP contribution in [0.3, 0.4) is 0 Å². The summed E-state index contributed by atoms with van der Waals surface area (Å²) in [6.07, 6.45) is 3.80. The second-order valence-corrected chi connectivity index (χ2v) is 16.5. The molecule has 0 aliphatic carbocycles. The molecule has 2 unspecified atom stereocenters. The van der Waals surface area contributed by atoms with Crippen molar-refractivity contribution in [2.24, 2.45) is 0 Å². The molecule has 1 fully saturated rings. The fourth-order valence-corrected chi connectivity index (χ4v) is 7.35. The molecule has 0 bridgehead atoms. The molecule has 1 saturated heterocycles. The van der Waals surface area contributed by atoms with Crippen molar-refractivity contribution in [3.05, 3.63) is 35.4 Å². The first-order valence-corrected chi connectivity index (χ1v) is 23.6. The number of nitrogens with one attached hydrogen (secondary N) is 2. The van der Waals surface area contributed by atoms with Crippen LogP contribution in [0, 0.1) is 0 Å². The van der Waals surface area contributed by atoms with Crippen molar-refractivity contribution in [3.8, 4) is 0 Å². The van der Waals surface area contributed by atoms with Crippen molar-refractivity contribution < 1.29 is 77.6 Å². The zero-order valence-corrected chi connectivity index (χ0v) is 40.2. The fraction of sp³-hybridized carbons (Fsp3) is 0.739. The average Bonchev–Trinajstić information content (AvgIpc) is 3.28. The molecule has 2 rings (SSSR count). The van der Waals surface area contributed by atoms with Crippen LogP contribution in [-0.2, 0) is 70.0 Å². The van der Waals surface area contributed by atoms with Crippen LogP contribution in [0.15, 0.2) is 24.3 Å². The van der Waals surface area contributed by atoms with E-state index in [2.05, 4.69) is 10.6 Å². The average molecular weight is 971 g/mol. The van der Waals surface area contributed by atoms with Gasteiger partial charge in [0.1, 0.15) is 6.04 Å². The maximum atomic E-state index is 13.3. The van der Waals surface area contributed by atoms with Gasteiger partial charge in [0.05, 0.1) is 98.9 Å². The third kappa shape index (κ3) is 30.2. The van der Waals surface area contributed by atoms with Gasteiger partial charge in [-0.25, -0.2) is 0 Å². The van der Waals surface area contributed by atoms with Crippen LogP contribution < -0.4 is 10.6 Å². The Bertz CT molecular complexity index is 1580. The zero-order valence-electron chi connectivity index (χ0n) is 40.2. The molecule has 1 heterocycles. The Morgan fingerprint density at radius 2 is 1.06 bits per heavy atom. The molecule has 2 amide bonds. The lowest BCUT2D eigenvalue weighted by Crippen LogP contribution is -2.53. The maximum absolute atomic E-state index is 13.3. The van der Waals surface area contributed by atoms with E-state index < -0.39 is 36.0 Å². The van der Waals surface area contributed by atoms with Gasteiger partial charge in [-0.2, -0.15) is 0 Å². The van der Waals surface area contributed by atoms with E-state index in [0.717, 1.165) is 17.5 Å². The van der Waals surface area contributed by atoms with Crippen molar-refractivity contribution in [2.75, 3.05) is 158 Å². The van der Waals surface area contributed by atoms with Gasteiger partial charge in [-0.05, 0) is 43.2 Å². The van der Waals surface area contributed by atoms with Crippen molar-refractivity contribution in [1.29, 1.82) is 0 Å². The number of aryl methyl sites for hydroxylation is 1. The highest BCUT2D eigenvalue weighted by Crippen LogP contribution is 2.16. The van der Waals surface area contributed by atoms with Crippen LogP contribution in [0.4, 0.5) is 0 Å². The molecule has 22 heteroatoms. The Hall–Kier alpha value is -4.36. The van der Waals surface area contributed by atoms with Crippen LogP contribution >= 0.6 is 0 Å². The number of amides is 2. The first kappa shape index (κ1) is 59.8. The number of unbranched alkanes of at least 4 members (excludes halogenated alkanes) is 1. The topological polar surface area (TPSA) is 276 Å². The first-order chi connectivity index (χ1) is 32.8. The van der Waals surface area contributed by atoms with Crippen LogP contribution in [-0.4, -0.2) is 246 Å². The number of methoxy groups -OCH3 is 1. The number of hydrogen-bond donors (Lipinski definition) is 6. The summed E-state index contributed by atoms with van der Waals surface area (Å²) in [5, 5.41) is 44.5. The first-order valence-electron chi connectivity index (χ1n) is 23.6. The lowest BCUT2D eigenvalue weighted by Gasteiger charge is -2.37. The summed E-state index contributed by atoms with van der Waals surface area (Å²) in [6.45, 7) is 7.09. The standard InChI is InChI=1S/C46H78N6O16/c1-3-4-8-41(53)48-40(46(62)47-13-20-64-23-24-66-27-28-68-30-29-67-26-25-65-22-21-63-2)7-5-6-37-9-11-38(12-10-37)31-39-32-51(35-44(58)59)17-16-49(33-42(54)55)14-15-50(34-43(56)57)18-19-52(39)36-45(60)61/h9-12,39-40H,3-8,13-36H2,1-2H3,(H,47,62)(H,48,53)(H,54,55)(H,56,57)(H,58,59)(H,60,61). The molecule has 0 aromatic heterocycles. The summed E-state index contributed by atoms with van der Waals surface area (Å²) < 4.78 is 32.3. The minimum atomic E-state index is -1.09. The maximum Gasteiger partial charge on any atom is 0.317 e. The highest BCUT2D eigenvalue weighted by atomic mass is 16.6. The third-order valence-electron chi connectivity index (χ3n) is 10.9. The van der Waals surface area contributed by atoms with Gasteiger partial charge in [0.2, 0.25) is 11.8 Å². The summed E-state index contributed by atoms with van der Waals surface area (Å²) in [5.41, 5.74) is 1.84. The van der Waals surface area contributed by atoms with Crippen LogP contribution in [0.5, 0.6) is 0 Å². The van der Waals surface area contributed by atoms with Crippen molar-refractivity contribution >= 4 is 35.7 Å². The van der Waals surface area contributed by atoms with E-state index in [9.17, 15) is 49.2 Å². The number of carboxylic acid groups (broad SMARTS) is 4. The molecule has 22 nitrogen and oxygen atoms in total. The number of carbonyl (C=O) groups is 6. The van der Waals surface area contributed by atoms with Gasteiger partial charge in [0.15, 0.2) is 0 Å². The molecule has 0 radical (unpaired) electrons. The molecule has 1 aliphatic rings. The molecule has 1 aromatic carbocycles.